The number of thiocarbonyl (C=S) groups is 1. The van der Waals surface area contributed by atoms with E-state index >= 15 is 0 Å². The van der Waals surface area contributed by atoms with Gasteiger partial charge in [0, 0.05) is 22.5 Å². The van der Waals surface area contributed by atoms with E-state index in [0.29, 0.717) is 16.9 Å². The summed E-state index contributed by atoms with van der Waals surface area (Å²) in [5, 5.41) is 4.05. The van der Waals surface area contributed by atoms with E-state index in [1.807, 2.05) is 17.8 Å². The number of anilines is 1. The maximum Gasteiger partial charge on any atom is 0.135 e. The Kier molecular flexibility index (Phi) is 5.05. The first-order valence-electron chi connectivity index (χ1n) is 6.50. The van der Waals surface area contributed by atoms with E-state index in [1.54, 1.807) is 6.07 Å². The van der Waals surface area contributed by atoms with Gasteiger partial charge in [-0.05, 0) is 37.3 Å². The Labute approximate surface area is 123 Å². The number of nitrogens with two attached hydrogens (primary N) is 1. The molecule has 0 spiro atoms. The largest absolute Gasteiger partial charge is 0.389 e. The normalized spacial score (nSPS) is 23.1. The molecule has 0 saturated heterocycles. The van der Waals surface area contributed by atoms with Crippen molar-refractivity contribution in [1.29, 1.82) is 0 Å². The molecule has 1 aliphatic carbocycles. The number of hydrogen-bond donors (Lipinski definition) is 2. The fourth-order valence-corrected chi connectivity index (χ4v) is 3.66. The summed E-state index contributed by atoms with van der Waals surface area (Å²) in [6.45, 7) is 0. The van der Waals surface area contributed by atoms with Crippen LogP contribution in [0.3, 0.4) is 0 Å². The maximum absolute atomic E-state index is 13.8. The molecular weight excluding hydrogens is 279 g/mol. The van der Waals surface area contributed by atoms with Gasteiger partial charge in [0.25, 0.3) is 0 Å². The predicted octanol–water partition coefficient (Wildman–Crippen LogP) is 3.55. The lowest BCUT2D eigenvalue weighted by Gasteiger charge is -2.31. The smallest absolute Gasteiger partial charge is 0.135 e. The average Bonchev–Trinajstić information content (AvgIpc) is 2.39. The van der Waals surface area contributed by atoms with Crippen LogP contribution in [0.4, 0.5) is 10.1 Å². The first-order chi connectivity index (χ1) is 9.11. The molecule has 0 aromatic heterocycles. The zero-order chi connectivity index (χ0) is 13.8. The van der Waals surface area contributed by atoms with Crippen LogP contribution in [-0.2, 0) is 0 Å². The van der Waals surface area contributed by atoms with Crippen LogP contribution in [0.15, 0.2) is 18.2 Å². The average molecular weight is 298 g/mol. The highest BCUT2D eigenvalue weighted by Crippen LogP contribution is 2.29. The number of thioether (sulfide) groups is 1. The number of hydrogen-bond acceptors (Lipinski definition) is 3. The Morgan fingerprint density at radius 2 is 2.16 bits per heavy atom. The van der Waals surface area contributed by atoms with Gasteiger partial charge < -0.3 is 11.1 Å². The molecule has 0 amide bonds. The molecule has 104 valence electrons. The zero-order valence-corrected chi connectivity index (χ0v) is 12.6. The molecule has 5 heteroatoms. The molecule has 1 aliphatic rings. The molecular formula is C14H19FN2S2. The van der Waals surface area contributed by atoms with E-state index in [0.717, 1.165) is 12.1 Å². The van der Waals surface area contributed by atoms with Crippen LogP contribution in [0.25, 0.3) is 0 Å². The number of benzene rings is 1. The van der Waals surface area contributed by atoms with Crippen molar-refractivity contribution in [2.75, 3.05) is 11.6 Å². The van der Waals surface area contributed by atoms with Crippen molar-refractivity contribution in [2.45, 2.75) is 37.0 Å². The Morgan fingerprint density at radius 1 is 1.42 bits per heavy atom. The third-order valence-electron chi connectivity index (χ3n) is 3.59. The van der Waals surface area contributed by atoms with E-state index in [2.05, 4.69) is 11.6 Å². The SMILES string of the molecule is CSC1CCCCC1Nc1ccc(C(N)=S)c(F)c1. The van der Waals surface area contributed by atoms with Gasteiger partial charge in [-0.25, -0.2) is 4.39 Å². The highest BCUT2D eigenvalue weighted by Gasteiger charge is 2.24. The number of halogens is 1. The van der Waals surface area contributed by atoms with Gasteiger partial charge in [0.05, 0.1) is 0 Å². The Bertz CT molecular complexity index is 465. The lowest BCUT2D eigenvalue weighted by molar-refractivity contribution is 0.475. The van der Waals surface area contributed by atoms with Crippen LogP contribution in [-0.4, -0.2) is 22.5 Å². The van der Waals surface area contributed by atoms with Crippen molar-refractivity contribution in [3.63, 3.8) is 0 Å². The number of rotatable bonds is 4. The summed E-state index contributed by atoms with van der Waals surface area (Å²) in [5.74, 6) is -0.353. The van der Waals surface area contributed by atoms with E-state index < -0.39 is 0 Å². The summed E-state index contributed by atoms with van der Waals surface area (Å²) in [6.07, 6.45) is 7.04. The molecule has 1 aromatic rings. The van der Waals surface area contributed by atoms with Crippen LogP contribution in [0.5, 0.6) is 0 Å². The summed E-state index contributed by atoms with van der Waals surface area (Å²) < 4.78 is 13.8. The molecule has 0 heterocycles. The second-order valence-corrected chi connectivity index (χ2v) is 6.39. The fraction of sp³-hybridized carbons (Fsp3) is 0.500. The molecule has 2 unspecified atom stereocenters. The molecule has 2 nitrogen and oxygen atoms in total. The van der Waals surface area contributed by atoms with E-state index in [4.69, 9.17) is 18.0 Å². The second kappa shape index (κ2) is 6.57. The first kappa shape index (κ1) is 14.6. The van der Waals surface area contributed by atoms with Crippen LogP contribution in [0.2, 0.25) is 0 Å². The topological polar surface area (TPSA) is 38.0 Å². The van der Waals surface area contributed by atoms with Gasteiger partial charge in [-0.1, -0.05) is 25.1 Å². The number of nitrogens with one attached hydrogen (secondary N) is 1. The van der Waals surface area contributed by atoms with Gasteiger partial charge >= 0.3 is 0 Å². The summed E-state index contributed by atoms with van der Waals surface area (Å²) in [5.41, 5.74) is 6.58. The molecule has 2 rings (SSSR count). The minimum atomic E-state index is -0.353. The van der Waals surface area contributed by atoms with Crippen molar-refractivity contribution in [3.05, 3.63) is 29.6 Å². The Balaban J connectivity index is 2.10. The lowest BCUT2D eigenvalue weighted by Crippen LogP contribution is -2.34. The quantitative estimate of drug-likeness (QED) is 0.834. The fourth-order valence-electron chi connectivity index (χ4n) is 2.56. The van der Waals surface area contributed by atoms with Gasteiger partial charge in [0.2, 0.25) is 0 Å². The maximum atomic E-state index is 13.8. The lowest BCUT2D eigenvalue weighted by atomic mass is 9.94. The van der Waals surface area contributed by atoms with Crippen molar-refractivity contribution < 1.29 is 4.39 Å². The molecule has 3 N–H and O–H groups in total. The van der Waals surface area contributed by atoms with Gasteiger partial charge in [-0.15, -0.1) is 0 Å². The van der Waals surface area contributed by atoms with Gasteiger partial charge in [0.1, 0.15) is 10.8 Å². The van der Waals surface area contributed by atoms with Crippen LogP contribution in [0, 0.1) is 5.82 Å². The molecule has 19 heavy (non-hydrogen) atoms. The molecule has 1 saturated carbocycles. The molecule has 0 bridgehead atoms. The highest BCUT2D eigenvalue weighted by atomic mass is 32.2. The van der Waals surface area contributed by atoms with Gasteiger partial charge in [-0.2, -0.15) is 11.8 Å². The van der Waals surface area contributed by atoms with Crippen LogP contribution >= 0.6 is 24.0 Å². The molecule has 2 atom stereocenters. The third-order valence-corrected chi connectivity index (χ3v) is 4.98. The molecule has 0 radical (unpaired) electrons. The van der Waals surface area contributed by atoms with Crippen molar-refractivity contribution in [2.24, 2.45) is 5.73 Å². The highest BCUT2D eigenvalue weighted by molar-refractivity contribution is 7.99. The summed E-state index contributed by atoms with van der Waals surface area (Å²) in [4.78, 5) is 0.101. The van der Waals surface area contributed by atoms with E-state index in [1.165, 1.54) is 25.3 Å². The zero-order valence-electron chi connectivity index (χ0n) is 11.0. The second-order valence-electron chi connectivity index (χ2n) is 4.87. The van der Waals surface area contributed by atoms with Crippen molar-refractivity contribution in [1.82, 2.24) is 0 Å². The minimum Gasteiger partial charge on any atom is -0.389 e. The van der Waals surface area contributed by atoms with Gasteiger partial charge in [-0.3, -0.25) is 0 Å². The standard InChI is InChI=1S/C14H19FN2S2/c1-19-13-5-3-2-4-12(13)17-9-6-7-10(14(16)18)11(15)8-9/h6-8,12-13,17H,2-5H2,1H3,(H2,16,18). The van der Waals surface area contributed by atoms with E-state index in [9.17, 15) is 4.39 Å². The monoisotopic (exact) mass is 298 g/mol. The summed E-state index contributed by atoms with van der Waals surface area (Å²) in [6, 6.07) is 5.40. The Morgan fingerprint density at radius 3 is 2.79 bits per heavy atom. The minimum absolute atomic E-state index is 0.101. The predicted molar refractivity (Wildman–Crippen MR) is 85.5 cm³/mol. The van der Waals surface area contributed by atoms with Crippen molar-refractivity contribution in [3.8, 4) is 0 Å². The first-order valence-corrected chi connectivity index (χ1v) is 8.20. The van der Waals surface area contributed by atoms with E-state index in [-0.39, 0.29) is 10.8 Å². The summed E-state index contributed by atoms with van der Waals surface area (Å²) in [7, 11) is 0. The molecule has 1 aromatic carbocycles. The van der Waals surface area contributed by atoms with Crippen LogP contribution < -0.4 is 11.1 Å². The van der Waals surface area contributed by atoms with Gasteiger partial charge in [0.15, 0.2) is 0 Å². The Hall–Kier alpha value is -0.810. The van der Waals surface area contributed by atoms with Crippen molar-refractivity contribution >= 4 is 34.7 Å². The third kappa shape index (κ3) is 3.60. The molecule has 0 aliphatic heterocycles. The molecule has 1 fully saturated rings. The summed E-state index contributed by atoms with van der Waals surface area (Å²) >= 11 is 6.69. The van der Waals surface area contributed by atoms with Crippen LogP contribution in [0.1, 0.15) is 31.2 Å².